The molecule has 3 N–H and O–H groups in total. The van der Waals surface area contributed by atoms with Gasteiger partial charge in [0.2, 0.25) is 0 Å². The highest BCUT2D eigenvalue weighted by Crippen LogP contribution is 2.33. The number of aliphatic hydroxyl groups excluding tert-OH is 1. The Morgan fingerprint density at radius 1 is 1.11 bits per heavy atom. The first kappa shape index (κ1) is 27.2. The Morgan fingerprint density at radius 2 is 1.81 bits per heavy atom. The Labute approximate surface area is 213 Å². The highest BCUT2D eigenvalue weighted by atomic mass is 35.5. The summed E-state index contributed by atoms with van der Waals surface area (Å²) in [6.07, 6.45) is -0.660. The Kier molecular flexibility index (Phi) is 8.73. The molecule has 0 fully saturated rings. The molecule has 1 heterocycles. The van der Waals surface area contributed by atoms with Crippen molar-refractivity contribution in [3.8, 4) is 28.5 Å². The molecule has 0 aliphatic rings. The number of benzene rings is 2. The molecular weight excluding hydrogens is 491 g/mol. The number of hydrogen-bond donors (Lipinski definition) is 3. The van der Waals surface area contributed by atoms with Crippen molar-refractivity contribution in [2.24, 2.45) is 0 Å². The molecule has 1 aromatic heterocycles. The SMILES string of the molecule is COc1cc(C(=O)NCC(C)(O)c2ccc(OC)c(-c3ccc(F)c(Cl)c3)n2)ccc1OC[C@H](C)O. The van der Waals surface area contributed by atoms with Crippen LogP contribution in [0.2, 0.25) is 5.02 Å². The van der Waals surface area contributed by atoms with Crippen molar-refractivity contribution in [1.82, 2.24) is 10.3 Å². The van der Waals surface area contributed by atoms with Gasteiger partial charge in [-0.05, 0) is 62.4 Å². The lowest BCUT2D eigenvalue weighted by molar-refractivity contribution is 0.0489. The number of methoxy groups -OCH3 is 2. The zero-order valence-electron chi connectivity index (χ0n) is 20.3. The number of pyridine rings is 1. The van der Waals surface area contributed by atoms with E-state index in [9.17, 15) is 19.4 Å². The summed E-state index contributed by atoms with van der Waals surface area (Å²) in [5, 5.41) is 23.1. The summed E-state index contributed by atoms with van der Waals surface area (Å²) in [5.41, 5.74) is -0.133. The Bertz CT molecular complexity index is 1240. The maximum Gasteiger partial charge on any atom is 0.251 e. The number of carbonyl (C=O) groups excluding carboxylic acids is 1. The number of ether oxygens (including phenoxy) is 3. The van der Waals surface area contributed by atoms with Crippen molar-refractivity contribution in [2.75, 3.05) is 27.4 Å². The maximum atomic E-state index is 13.6. The van der Waals surface area contributed by atoms with Crippen molar-refractivity contribution in [3.63, 3.8) is 0 Å². The van der Waals surface area contributed by atoms with Gasteiger partial charge in [-0.2, -0.15) is 0 Å². The summed E-state index contributed by atoms with van der Waals surface area (Å²) in [7, 11) is 2.91. The number of aliphatic hydroxyl groups is 2. The molecule has 0 spiro atoms. The first-order valence-corrected chi connectivity index (χ1v) is 11.4. The summed E-state index contributed by atoms with van der Waals surface area (Å²) in [5.74, 6) is 0.109. The van der Waals surface area contributed by atoms with E-state index >= 15 is 0 Å². The van der Waals surface area contributed by atoms with Gasteiger partial charge in [-0.15, -0.1) is 0 Å². The highest BCUT2D eigenvalue weighted by Gasteiger charge is 2.27. The summed E-state index contributed by atoms with van der Waals surface area (Å²) in [6.45, 7) is 3.02. The molecule has 0 saturated heterocycles. The van der Waals surface area contributed by atoms with Gasteiger partial charge in [0.05, 0.1) is 37.6 Å². The van der Waals surface area contributed by atoms with Crippen LogP contribution in [0.15, 0.2) is 48.5 Å². The van der Waals surface area contributed by atoms with Crippen molar-refractivity contribution < 1.29 is 33.6 Å². The third kappa shape index (κ3) is 6.42. The van der Waals surface area contributed by atoms with Gasteiger partial charge in [0.25, 0.3) is 5.91 Å². The topological polar surface area (TPSA) is 110 Å². The molecule has 0 bridgehead atoms. The van der Waals surface area contributed by atoms with Crippen LogP contribution in [0.5, 0.6) is 17.2 Å². The third-order valence-corrected chi connectivity index (χ3v) is 5.61. The monoisotopic (exact) mass is 518 g/mol. The van der Waals surface area contributed by atoms with Crippen LogP contribution in [-0.2, 0) is 5.60 Å². The van der Waals surface area contributed by atoms with E-state index in [2.05, 4.69) is 10.3 Å². The average molecular weight is 519 g/mol. The predicted molar refractivity (Wildman–Crippen MR) is 133 cm³/mol. The molecule has 2 atom stereocenters. The second-order valence-electron chi connectivity index (χ2n) is 8.36. The van der Waals surface area contributed by atoms with Gasteiger partial charge in [-0.3, -0.25) is 4.79 Å². The van der Waals surface area contributed by atoms with E-state index in [0.717, 1.165) is 0 Å². The van der Waals surface area contributed by atoms with Crippen LogP contribution in [0.25, 0.3) is 11.3 Å². The Balaban J connectivity index is 1.79. The van der Waals surface area contributed by atoms with E-state index in [1.54, 1.807) is 31.2 Å². The van der Waals surface area contributed by atoms with E-state index in [0.29, 0.717) is 28.5 Å². The smallest absolute Gasteiger partial charge is 0.251 e. The van der Waals surface area contributed by atoms with Gasteiger partial charge in [-0.1, -0.05) is 11.6 Å². The molecule has 10 heteroatoms. The normalized spacial score (nSPS) is 13.4. The number of amides is 1. The molecule has 8 nitrogen and oxygen atoms in total. The lowest BCUT2D eigenvalue weighted by Gasteiger charge is -2.24. The molecule has 1 unspecified atom stereocenters. The first-order valence-electron chi connectivity index (χ1n) is 11.1. The summed E-state index contributed by atoms with van der Waals surface area (Å²) in [6, 6.07) is 12.0. The zero-order valence-corrected chi connectivity index (χ0v) is 21.1. The summed E-state index contributed by atoms with van der Waals surface area (Å²) >= 11 is 5.93. The number of nitrogens with one attached hydrogen (secondary N) is 1. The van der Waals surface area contributed by atoms with Crippen molar-refractivity contribution in [3.05, 3.63) is 70.6 Å². The quantitative estimate of drug-likeness (QED) is 0.372. The van der Waals surface area contributed by atoms with Crippen LogP contribution in [0.1, 0.15) is 29.9 Å². The molecule has 3 rings (SSSR count). The lowest BCUT2D eigenvalue weighted by atomic mass is 9.99. The molecule has 0 aliphatic carbocycles. The van der Waals surface area contributed by atoms with Crippen LogP contribution in [-0.4, -0.2) is 54.6 Å². The van der Waals surface area contributed by atoms with E-state index in [1.165, 1.54) is 45.4 Å². The van der Waals surface area contributed by atoms with Crippen LogP contribution < -0.4 is 19.5 Å². The Morgan fingerprint density at radius 3 is 2.44 bits per heavy atom. The van der Waals surface area contributed by atoms with Gasteiger partial charge in [0.1, 0.15) is 29.5 Å². The second kappa shape index (κ2) is 11.6. The van der Waals surface area contributed by atoms with Crippen LogP contribution >= 0.6 is 11.6 Å². The van der Waals surface area contributed by atoms with Gasteiger partial charge < -0.3 is 29.7 Å². The fraction of sp³-hybridized carbons (Fsp3) is 0.308. The number of nitrogens with zero attached hydrogens (tertiary/aromatic N) is 1. The number of carbonyl (C=O) groups is 1. The van der Waals surface area contributed by atoms with E-state index < -0.39 is 23.4 Å². The molecule has 0 saturated carbocycles. The summed E-state index contributed by atoms with van der Waals surface area (Å²) < 4.78 is 29.8. The van der Waals surface area contributed by atoms with Gasteiger partial charge in [0.15, 0.2) is 11.5 Å². The minimum Gasteiger partial charge on any atom is -0.494 e. The highest BCUT2D eigenvalue weighted by molar-refractivity contribution is 6.31. The standard InChI is InChI=1S/C26H28ClFN2O6/c1-15(31)13-36-20-8-6-17(12-22(20)35-4)25(32)29-14-26(2,33)23-10-9-21(34-3)24(30-23)16-5-7-19(28)18(27)11-16/h5-12,15,31,33H,13-14H2,1-4H3,(H,29,32)/t15-,26?/m0/s1. The fourth-order valence-corrected chi connectivity index (χ4v) is 3.53. The van der Waals surface area contributed by atoms with Crippen LogP contribution in [0.3, 0.4) is 0 Å². The third-order valence-electron chi connectivity index (χ3n) is 5.32. The fourth-order valence-electron chi connectivity index (χ4n) is 3.34. The number of rotatable bonds is 10. The van der Waals surface area contributed by atoms with Gasteiger partial charge in [-0.25, -0.2) is 9.37 Å². The minimum absolute atomic E-state index is 0.0708. The first-order chi connectivity index (χ1) is 17.1. The molecule has 36 heavy (non-hydrogen) atoms. The van der Waals surface area contributed by atoms with E-state index in [1.807, 2.05) is 0 Å². The molecule has 0 radical (unpaired) electrons. The molecular formula is C26H28ClFN2O6. The van der Waals surface area contributed by atoms with Crippen LogP contribution in [0, 0.1) is 5.82 Å². The number of hydrogen-bond acceptors (Lipinski definition) is 7. The van der Waals surface area contributed by atoms with Crippen molar-refractivity contribution >= 4 is 17.5 Å². The van der Waals surface area contributed by atoms with Crippen molar-refractivity contribution in [1.29, 1.82) is 0 Å². The molecule has 1 amide bonds. The van der Waals surface area contributed by atoms with E-state index in [-0.39, 0.29) is 29.4 Å². The van der Waals surface area contributed by atoms with E-state index in [4.69, 9.17) is 25.8 Å². The van der Waals surface area contributed by atoms with Crippen molar-refractivity contribution in [2.45, 2.75) is 25.6 Å². The molecule has 0 aliphatic heterocycles. The number of aromatic nitrogens is 1. The van der Waals surface area contributed by atoms with Gasteiger partial charge >= 0.3 is 0 Å². The molecule has 2 aromatic carbocycles. The minimum atomic E-state index is -1.55. The molecule has 3 aromatic rings. The maximum absolute atomic E-state index is 13.6. The van der Waals surface area contributed by atoms with Gasteiger partial charge in [0, 0.05) is 11.1 Å². The lowest BCUT2D eigenvalue weighted by Crippen LogP contribution is -2.39. The predicted octanol–water partition coefficient (Wildman–Crippen LogP) is 3.96. The number of halogens is 2. The van der Waals surface area contributed by atoms with Crippen LogP contribution in [0.4, 0.5) is 4.39 Å². The largest absolute Gasteiger partial charge is 0.494 e. The summed E-state index contributed by atoms with van der Waals surface area (Å²) in [4.78, 5) is 17.3. The zero-order chi connectivity index (χ0) is 26.5. The second-order valence-corrected chi connectivity index (χ2v) is 8.77. The average Bonchev–Trinajstić information content (AvgIpc) is 2.87. The Hall–Kier alpha value is -3.40. The molecule has 192 valence electrons.